The number of hydrogen-bond donors (Lipinski definition) is 2. The van der Waals surface area contributed by atoms with Gasteiger partial charge in [-0.3, -0.25) is 9.98 Å². The first-order chi connectivity index (χ1) is 5.79. The zero-order valence-corrected chi connectivity index (χ0v) is 6.60. The number of fused-ring (bicyclic) bond motifs is 1. The van der Waals surface area contributed by atoms with Crippen LogP contribution in [-0.2, 0) is 0 Å². The second-order valence-corrected chi connectivity index (χ2v) is 2.23. The van der Waals surface area contributed by atoms with Gasteiger partial charge in [-0.25, -0.2) is 15.0 Å². The lowest BCUT2D eigenvalue weighted by molar-refractivity contribution is 0.824. The fourth-order valence-corrected chi connectivity index (χ4v) is 0.952. The molecule has 0 amide bonds. The largest absolute Gasteiger partial charge is 0.412 e. The monoisotopic (exact) mass is 180 g/mol. The molecule has 0 aromatic carbocycles. The molecule has 0 aliphatic heterocycles. The predicted molar refractivity (Wildman–Crippen MR) is 46.2 cm³/mol. The summed E-state index contributed by atoms with van der Waals surface area (Å²) in [5.74, 6) is -0.0905. The second-order valence-electron chi connectivity index (χ2n) is 2.23. The normalized spacial score (nSPS) is 9.54. The molecule has 0 aliphatic carbocycles. The van der Waals surface area contributed by atoms with Crippen LogP contribution in [0.5, 0.6) is 0 Å². The zero-order valence-electron chi connectivity index (χ0n) is 6.60. The maximum atomic E-state index is 7.18. The van der Waals surface area contributed by atoms with Crippen LogP contribution in [0.4, 0.5) is 0 Å². The molecule has 2 heterocycles. The van der Waals surface area contributed by atoms with Crippen molar-refractivity contribution in [2.75, 3.05) is 0 Å². The molecule has 2 aromatic rings. The van der Waals surface area contributed by atoms with Crippen LogP contribution in [0.1, 0.15) is 0 Å². The minimum Gasteiger partial charge on any atom is -0.412 e. The average molecular weight is 180 g/mol. The van der Waals surface area contributed by atoms with E-state index in [1.54, 1.807) is 6.20 Å². The van der Waals surface area contributed by atoms with Crippen LogP contribution in [0.15, 0.2) is 18.9 Å². The lowest BCUT2D eigenvalue weighted by atomic mass is 10.5. The van der Waals surface area contributed by atoms with E-state index < -0.39 is 0 Å². The first-order valence-electron chi connectivity index (χ1n) is 3.26. The first-order valence-corrected chi connectivity index (χ1v) is 3.26. The summed E-state index contributed by atoms with van der Waals surface area (Å²) in [6.07, 6.45) is 4.41. The fraction of sp³-hybridized carbons (Fsp3) is 0. The molecule has 0 atom stereocenters. The Morgan fingerprint density at radius 2 is 2.23 bits per heavy atom. The van der Waals surface area contributed by atoms with Gasteiger partial charge in [0.25, 0.3) is 0 Å². The summed E-state index contributed by atoms with van der Waals surface area (Å²) in [6, 6.07) is 0. The van der Waals surface area contributed by atoms with Gasteiger partial charge in [-0.15, -0.1) is 0 Å². The Kier molecular flexibility index (Phi) is 2.20. The van der Waals surface area contributed by atoms with Gasteiger partial charge in [-0.1, -0.05) is 0 Å². The molecule has 0 aliphatic rings. The Labute approximate surface area is 73.1 Å². The van der Waals surface area contributed by atoms with Gasteiger partial charge in [0.15, 0.2) is 11.6 Å². The molecule has 68 valence electrons. The van der Waals surface area contributed by atoms with E-state index in [4.69, 9.17) is 11.1 Å². The summed E-state index contributed by atoms with van der Waals surface area (Å²) in [6.45, 7) is 0. The Hall–Kier alpha value is -2.02. The summed E-state index contributed by atoms with van der Waals surface area (Å²) in [7, 11) is 0. The maximum absolute atomic E-state index is 7.18. The smallest absolute Gasteiger partial charge is 0.198 e. The van der Waals surface area contributed by atoms with Crippen LogP contribution >= 0.6 is 0 Å². The molecule has 0 bridgehead atoms. The lowest BCUT2D eigenvalue weighted by Crippen LogP contribution is -2.19. The van der Waals surface area contributed by atoms with Gasteiger partial charge < -0.3 is 11.2 Å². The van der Waals surface area contributed by atoms with Gasteiger partial charge >= 0.3 is 0 Å². The van der Waals surface area contributed by atoms with Gasteiger partial charge in [0.1, 0.15) is 18.2 Å². The summed E-state index contributed by atoms with van der Waals surface area (Å²) >= 11 is 0. The van der Waals surface area contributed by atoms with E-state index in [-0.39, 0.29) is 11.4 Å². The lowest BCUT2D eigenvalue weighted by Gasteiger charge is -1.96. The highest BCUT2D eigenvalue weighted by atomic mass is 16.0. The van der Waals surface area contributed by atoms with Crippen molar-refractivity contribution in [2.24, 2.45) is 5.73 Å². The van der Waals surface area contributed by atoms with Crippen molar-refractivity contribution in [1.82, 2.24) is 19.5 Å². The molecule has 0 fully saturated rings. The molecule has 13 heavy (non-hydrogen) atoms. The summed E-state index contributed by atoms with van der Waals surface area (Å²) < 4.78 is 1.41. The molecular formula is C6H8N6O. The maximum Gasteiger partial charge on any atom is 0.198 e. The third-order valence-corrected chi connectivity index (χ3v) is 1.49. The minimum absolute atomic E-state index is 0. The van der Waals surface area contributed by atoms with Crippen LogP contribution in [0.3, 0.4) is 0 Å². The molecule has 0 saturated carbocycles. The Morgan fingerprint density at radius 1 is 1.46 bits per heavy atom. The van der Waals surface area contributed by atoms with E-state index in [0.29, 0.717) is 11.2 Å². The third kappa shape index (κ3) is 1.32. The first kappa shape index (κ1) is 9.07. The number of imidazole rings is 1. The molecule has 0 unspecified atom stereocenters. The second kappa shape index (κ2) is 3.15. The Balaban J connectivity index is 0.000000845. The zero-order chi connectivity index (χ0) is 8.55. The van der Waals surface area contributed by atoms with Crippen LogP contribution < -0.4 is 5.73 Å². The van der Waals surface area contributed by atoms with Gasteiger partial charge in [-0.05, 0) is 0 Å². The average Bonchev–Trinajstić information content (AvgIpc) is 2.47. The standard InChI is InChI=1S/C6H6N6.H2O/c7-6(8)12-3-11-5-4(12)1-9-2-10-5;/h1-3H,(H3,7,8);1H2. The van der Waals surface area contributed by atoms with Crippen molar-refractivity contribution in [3.8, 4) is 0 Å². The number of nitrogen functional groups attached to an aromatic ring is 1. The predicted octanol–water partition coefficient (Wildman–Crippen LogP) is -1.26. The van der Waals surface area contributed by atoms with E-state index in [9.17, 15) is 0 Å². The van der Waals surface area contributed by atoms with Crippen molar-refractivity contribution in [1.29, 1.82) is 5.41 Å². The van der Waals surface area contributed by atoms with Gasteiger partial charge in [0, 0.05) is 0 Å². The van der Waals surface area contributed by atoms with Gasteiger partial charge in [0.05, 0.1) is 6.20 Å². The number of nitrogens with two attached hydrogens (primary N) is 1. The Bertz CT molecular complexity index is 435. The van der Waals surface area contributed by atoms with Crippen molar-refractivity contribution in [3.63, 3.8) is 0 Å². The third-order valence-electron chi connectivity index (χ3n) is 1.49. The minimum atomic E-state index is -0.0905. The summed E-state index contributed by atoms with van der Waals surface area (Å²) in [5.41, 5.74) is 6.46. The molecule has 0 spiro atoms. The summed E-state index contributed by atoms with van der Waals surface area (Å²) in [5, 5.41) is 7.18. The molecule has 2 aromatic heterocycles. The highest BCUT2D eigenvalue weighted by Gasteiger charge is 2.03. The van der Waals surface area contributed by atoms with E-state index >= 15 is 0 Å². The number of rotatable bonds is 0. The van der Waals surface area contributed by atoms with E-state index in [1.807, 2.05) is 0 Å². The quantitative estimate of drug-likeness (QED) is 0.387. The topological polar surface area (TPSA) is 125 Å². The van der Waals surface area contributed by atoms with E-state index in [0.717, 1.165) is 0 Å². The number of aromatic nitrogens is 4. The van der Waals surface area contributed by atoms with Crippen LogP contribution in [0.25, 0.3) is 11.2 Å². The highest BCUT2D eigenvalue weighted by Crippen LogP contribution is 2.05. The van der Waals surface area contributed by atoms with Crippen molar-refractivity contribution < 1.29 is 5.48 Å². The van der Waals surface area contributed by atoms with Gasteiger partial charge in [0.2, 0.25) is 0 Å². The fourth-order valence-electron chi connectivity index (χ4n) is 0.952. The molecular weight excluding hydrogens is 172 g/mol. The summed E-state index contributed by atoms with van der Waals surface area (Å²) in [4.78, 5) is 11.6. The SMILES string of the molecule is N=C(N)n1cnc2ncncc21.O. The number of nitrogens with zero attached hydrogens (tertiary/aromatic N) is 4. The number of nitrogens with one attached hydrogen (secondary N) is 1. The molecule has 7 heteroatoms. The van der Waals surface area contributed by atoms with Crippen LogP contribution in [0, 0.1) is 5.41 Å². The molecule has 7 nitrogen and oxygen atoms in total. The van der Waals surface area contributed by atoms with E-state index in [1.165, 1.54) is 17.2 Å². The van der Waals surface area contributed by atoms with Crippen molar-refractivity contribution >= 4 is 17.1 Å². The molecule has 0 radical (unpaired) electrons. The van der Waals surface area contributed by atoms with Crippen molar-refractivity contribution in [2.45, 2.75) is 0 Å². The highest BCUT2D eigenvalue weighted by molar-refractivity contribution is 5.87. The van der Waals surface area contributed by atoms with Gasteiger partial charge in [-0.2, -0.15) is 0 Å². The number of hydrogen-bond acceptors (Lipinski definition) is 4. The molecule has 2 rings (SSSR count). The Morgan fingerprint density at radius 3 is 2.92 bits per heavy atom. The molecule has 5 N–H and O–H groups in total. The van der Waals surface area contributed by atoms with Crippen LogP contribution in [0.2, 0.25) is 0 Å². The molecule has 0 saturated heterocycles. The van der Waals surface area contributed by atoms with E-state index in [2.05, 4.69) is 15.0 Å². The van der Waals surface area contributed by atoms with Crippen LogP contribution in [-0.4, -0.2) is 31.0 Å². The van der Waals surface area contributed by atoms with Crippen molar-refractivity contribution in [3.05, 3.63) is 18.9 Å².